The summed E-state index contributed by atoms with van der Waals surface area (Å²) in [5, 5.41) is 11.3. The van der Waals surface area contributed by atoms with E-state index in [-0.39, 0.29) is 11.9 Å². The Morgan fingerprint density at radius 2 is 2.04 bits per heavy atom. The molecule has 3 aromatic heterocycles. The van der Waals surface area contributed by atoms with E-state index < -0.39 is 6.08 Å². The van der Waals surface area contributed by atoms with Crippen LogP contribution in [-0.4, -0.2) is 33.4 Å². The molecule has 9 heteroatoms. The standard InChI is InChI=1S/C19H15FN6OS/c1-9-8-22-16-15-10-2-5-13(25-14-6-7-21-19(20)26-14)24-11(10)3-4-12(15)28-17(16)18(27)23-9/h2-7,9,22H,8H2,1H3,(H,23,27)(H,21,24,25,26)/t9-/m1/s1. The monoisotopic (exact) mass is 394 g/mol. The molecular formula is C19H15FN6OS. The van der Waals surface area contributed by atoms with Crippen LogP contribution in [0.3, 0.4) is 0 Å². The summed E-state index contributed by atoms with van der Waals surface area (Å²) in [4.78, 5) is 24.9. The van der Waals surface area contributed by atoms with E-state index in [4.69, 9.17) is 0 Å². The van der Waals surface area contributed by atoms with Gasteiger partial charge in [-0.05, 0) is 37.3 Å². The van der Waals surface area contributed by atoms with E-state index in [0.717, 1.165) is 26.7 Å². The second-order valence-corrected chi connectivity index (χ2v) is 7.65. The van der Waals surface area contributed by atoms with Gasteiger partial charge in [0.2, 0.25) is 0 Å². The van der Waals surface area contributed by atoms with Crippen molar-refractivity contribution >= 4 is 55.6 Å². The van der Waals surface area contributed by atoms with E-state index in [9.17, 15) is 9.18 Å². The maximum Gasteiger partial charge on any atom is 0.310 e. The molecule has 3 N–H and O–H groups in total. The zero-order valence-electron chi connectivity index (χ0n) is 14.8. The third-order valence-electron chi connectivity index (χ3n) is 4.57. The minimum absolute atomic E-state index is 0.0549. The molecule has 1 aliphatic rings. The number of fused-ring (bicyclic) bond motifs is 5. The van der Waals surface area contributed by atoms with Crippen molar-refractivity contribution in [3.63, 3.8) is 0 Å². The molecule has 0 aliphatic carbocycles. The summed E-state index contributed by atoms with van der Waals surface area (Å²) in [7, 11) is 0. The maximum atomic E-state index is 13.2. The van der Waals surface area contributed by atoms with Gasteiger partial charge < -0.3 is 16.0 Å². The Balaban J connectivity index is 1.62. The molecule has 0 unspecified atom stereocenters. The number of hydrogen-bond acceptors (Lipinski definition) is 7. The molecule has 4 heterocycles. The second-order valence-electron chi connectivity index (χ2n) is 6.60. The lowest BCUT2D eigenvalue weighted by Crippen LogP contribution is -2.34. The quantitative estimate of drug-likeness (QED) is 0.450. The number of carbonyl (C=O) groups is 1. The average Bonchev–Trinajstić information content (AvgIpc) is 2.99. The Morgan fingerprint density at radius 1 is 1.18 bits per heavy atom. The highest BCUT2D eigenvalue weighted by molar-refractivity contribution is 7.21. The fraction of sp³-hybridized carbons (Fsp3) is 0.158. The van der Waals surface area contributed by atoms with Crippen molar-refractivity contribution in [1.82, 2.24) is 20.3 Å². The lowest BCUT2D eigenvalue weighted by molar-refractivity contribution is 0.0949. The molecule has 1 amide bonds. The van der Waals surface area contributed by atoms with E-state index >= 15 is 0 Å². The van der Waals surface area contributed by atoms with Crippen molar-refractivity contribution in [1.29, 1.82) is 0 Å². The predicted octanol–water partition coefficient (Wildman–Crippen LogP) is 3.67. The second kappa shape index (κ2) is 6.38. The molecule has 0 radical (unpaired) electrons. The third-order valence-corrected chi connectivity index (χ3v) is 5.73. The summed E-state index contributed by atoms with van der Waals surface area (Å²) >= 11 is 1.47. The number of benzene rings is 1. The van der Waals surface area contributed by atoms with Crippen LogP contribution in [0.15, 0.2) is 36.5 Å². The highest BCUT2D eigenvalue weighted by atomic mass is 32.1. The van der Waals surface area contributed by atoms with Gasteiger partial charge in [0.05, 0.1) is 11.2 Å². The number of rotatable bonds is 2. The van der Waals surface area contributed by atoms with Crippen molar-refractivity contribution in [3.05, 3.63) is 47.5 Å². The van der Waals surface area contributed by atoms with Crippen LogP contribution in [0.4, 0.5) is 21.7 Å². The third kappa shape index (κ3) is 2.80. The number of amides is 1. The first-order chi connectivity index (χ1) is 13.6. The van der Waals surface area contributed by atoms with Crippen molar-refractivity contribution in [2.45, 2.75) is 13.0 Å². The summed E-state index contributed by atoms with van der Waals surface area (Å²) < 4.78 is 14.2. The van der Waals surface area contributed by atoms with Crippen LogP contribution in [0, 0.1) is 6.08 Å². The first-order valence-electron chi connectivity index (χ1n) is 8.75. The minimum Gasteiger partial charge on any atom is -0.381 e. The summed E-state index contributed by atoms with van der Waals surface area (Å²) in [6.07, 6.45) is 0.542. The molecule has 7 nitrogen and oxygen atoms in total. The Labute approximate surface area is 163 Å². The normalized spacial score (nSPS) is 16.4. The Morgan fingerprint density at radius 3 is 2.89 bits per heavy atom. The Hall–Kier alpha value is -3.33. The van der Waals surface area contributed by atoms with Crippen molar-refractivity contribution in [3.8, 4) is 0 Å². The SMILES string of the molecule is C[C@@H]1CNc2c(sc3ccc4nc(Nc5ccnc(F)n5)ccc4c23)C(=O)N1. The van der Waals surface area contributed by atoms with E-state index in [1.807, 2.05) is 31.2 Å². The molecule has 0 saturated heterocycles. The van der Waals surface area contributed by atoms with Gasteiger partial charge in [-0.25, -0.2) is 9.97 Å². The smallest absolute Gasteiger partial charge is 0.310 e. The minimum atomic E-state index is -0.799. The van der Waals surface area contributed by atoms with E-state index in [2.05, 4.69) is 30.9 Å². The van der Waals surface area contributed by atoms with Gasteiger partial charge in [-0.3, -0.25) is 4.79 Å². The summed E-state index contributed by atoms with van der Waals surface area (Å²) in [6, 6.07) is 9.27. The summed E-state index contributed by atoms with van der Waals surface area (Å²) in [5.74, 6) is 0.821. The van der Waals surface area contributed by atoms with Gasteiger partial charge in [0, 0.05) is 34.3 Å². The van der Waals surface area contributed by atoms with Gasteiger partial charge in [-0.1, -0.05) is 0 Å². The number of halogens is 1. The number of hydrogen-bond donors (Lipinski definition) is 3. The van der Waals surface area contributed by atoms with E-state index in [1.165, 1.54) is 17.5 Å². The molecule has 28 heavy (non-hydrogen) atoms. The van der Waals surface area contributed by atoms with Gasteiger partial charge >= 0.3 is 6.08 Å². The van der Waals surface area contributed by atoms with Crippen LogP contribution < -0.4 is 16.0 Å². The molecule has 0 bridgehead atoms. The van der Waals surface area contributed by atoms with Gasteiger partial charge in [-0.15, -0.1) is 11.3 Å². The first-order valence-corrected chi connectivity index (χ1v) is 9.57. The molecule has 4 aromatic rings. The molecule has 1 aromatic carbocycles. The van der Waals surface area contributed by atoms with E-state index in [0.29, 0.717) is 23.1 Å². The van der Waals surface area contributed by atoms with Crippen LogP contribution in [0.25, 0.3) is 21.0 Å². The lowest BCUT2D eigenvalue weighted by atomic mass is 10.1. The van der Waals surface area contributed by atoms with Gasteiger partial charge in [0.15, 0.2) is 0 Å². The number of nitrogens with zero attached hydrogens (tertiary/aromatic N) is 3. The predicted molar refractivity (Wildman–Crippen MR) is 108 cm³/mol. The van der Waals surface area contributed by atoms with Gasteiger partial charge in [-0.2, -0.15) is 9.37 Å². The lowest BCUT2D eigenvalue weighted by Gasteiger charge is -2.10. The van der Waals surface area contributed by atoms with Crippen LogP contribution in [-0.2, 0) is 0 Å². The van der Waals surface area contributed by atoms with Crippen molar-refractivity contribution in [2.75, 3.05) is 17.2 Å². The average molecular weight is 394 g/mol. The topological polar surface area (TPSA) is 91.8 Å². The maximum absolute atomic E-state index is 13.2. The summed E-state index contributed by atoms with van der Waals surface area (Å²) in [6.45, 7) is 2.63. The van der Waals surface area contributed by atoms with Crippen molar-refractivity contribution < 1.29 is 9.18 Å². The number of aromatic nitrogens is 3. The fourth-order valence-corrected chi connectivity index (χ4v) is 4.43. The molecule has 5 rings (SSSR count). The van der Waals surface area contributed by atoms with Crippen molar-refractivity contribution in [2.24, 2.45) is 0 Å². The fourth-order valence-electron chi connectivity index (χ4n) is 3.33. The molecule has 1 aliphatic heterocycles. The van der Waals surface area contributed by atoms with Crippen LogP contribution in [0.2, 0.25) is 0 Å². The molecule has 0 fully saturated rings. The first kappa shape index (κ1) is 16.8. The molecule has 0 spiro atoms. The zero-order chi connectivity index (χ0) is 19.3. The zero-order valence-corrected chi connectivity index (χ0v) is 15.6. The summed E-state index contributed by atoms with van der Waals surface area (Å²) in [5.41, 5.74) is 1.62. The molecule has 1 atom stereocenters. The molecule has 0 saturated carbocycles. The molecular weight excluding hydrogens is 379 g/mol. The van der Waals surface area contributed by atoms with Gasteiger partial charge in [0.1, 0.15) is 16.5 Å². The number of pyridine rings is 1. The highest BCUT2D eigenvalue weighted by Crippen LogP contribution is 2.41. The number of nitrogens with one attached hydrogen (secondary N) is 3. The largest absolute Gasteiger partial charge is 0.381 e. The van der Waals surface area contributed by atoms with Crippen LogP contribution in [0.5, 0.6) is 0 Å². The Bertz CT molecular complexity index is 1240. The Kier molecular flexibility index (Phi) is 3.83. The number of carbonyl (C=O) groups excluding carboxylic acids is 1. The van der Waals surface area contributed by atoms with E-state index in [1.54, 1.807) is 6.07 Å². The van der Waals surface area contributed by atoms with Crippen LogP contribution >= 0.6 is 11.3 Å². The number of anilines is 3. The molecule has 140 valence electrons. The van der Waals surface area contributed by atoms with Gasteiger partial charge in [0.25, 0.3) is 5.91 Å². The highest BCUT2D eigenvalue weighted by Gasteiger charge is 2.24. The van der Waals surface area contributed by atoms with Crippen LogP contribution in [0.1, 0.15) is 16.6 Å². The number of thiophene rings is 1.